The summed E-state index contributed by atoms with van der Waals surface area (Å²) in [5.41, 5.74) is 2.09. The van der Waals surface area contributed by atoms with Crippen molar-refractivity contribution < 1.29 is 5.11 Å². The molecule has 0 spiro atoms. The van der Waals surface area contributed by atoms with Crippen LogP contribution in [0.2, 0.25) is 0 Å². The van der Waals surface area contributed by atoms with Gasteiger partial charge >= 0.3 is 0 Å². The van der Waals surface area contributed by atoms with Gasteiger partial charge in [0.1, 0.15) is 0 Å². The van der Waals surface area contributed by atoms with Crippen LogP contribution < -0.4 is 5.32 Å². The summed E-state index contributed by atoms with van der Waals surface area (Å²) < 4.78 is 0. The fourth-order valence-corrected chi connectivity index (χ4v) is 1.43. The van der Waals surface area contributed by atoms with E-state index in [1.807, 2.05) is 24.3 Å². The zero-order chi connectivity index (χ0) is 10.4. The third kappa shape index (κ3) is 3.04. The molecule has 2 N–H and O–H groups in total. The molecule has 0 atom stereocenters. The molecule has 1 aromatic rings. The van der Waals surface area contributed by atoms with Crippen molar-refractivity contribution >= 4 is 5.69 Å². The summed E-state index contributed by atoms with van der Waals surface area (Å²) >= 11 is 0. The lowest BCUT2D eigenvalue weighted by molar-refractivity contribution is 0.282. The van der Waals surface area contributed by atoms with Crippen molar-refractivity contribution in [1.29, 1.82) is 0 Å². The largest absolute Gasteiger partial charge is 0.392 e. The summed E-state index contributed by atoms with van der Waals surface area (Å²) in [6.07, 6.45) is 2.27. The second kappa shape index (κ2) is 5.66. The van der Waals surface area contributed by atoms with E-state index in [2.05, 4.69) is 19.2 Å². The topological polar surface area (TPSA) is 32.3 Å². The van der Waals surface area contributed by atoms with Crippen molar-refractivity contribution in [2.45, 2.75) is 39.3 Å². The first kappa shape index (κ1) is 11.1. The zero-order valence-electron chi connectivity index (χ0n) is 8.96. The van der Waals surface area contributed by atoms with Crippen LogP contribution in [0.25, 0.3) is 0 Å². The number of aliphatic hydroxyl groups is 1. The fourth-order valence-electron chi connectivity index (χ4n) is 1.43. The number of hydrogen-bond donors (Lipinski definition) is 2. The number of benzene rings is 1. The molecule has 0 amide bonds. The predicted molar refractivity (Wildman–Crippen MR) is 60.4 cm³/mol. The Balaban J connectivity index is 2.58. The molecule has 0 bridgehead atoms. The average Bonchev–Trinajstić information content (AvgIpc) is 2.26. The Morgan fingerprint density at radius 1 is 1.14 bits per heavy atom. The van der Waals surface area contributed by atoms with Crippen molar-refractivity contribution in [1.82, 2.24) is 0 Å². The Bertz CT molecular complexity index is 252. The predicted octanol–water partition coefficient (Wildman–Crippen LogP) is 2.78. The Morgan fingerprint density at radius 3 is 2.14 bits per heavy atom. The van der Waals surface area contributed by atoms with Gasteiger partial charge in [-0.05, 0) is 30.5 Å². The molecule has 0 saturated heterocycles. The Kier molecular flexibility index (Phi) is 4.47. The van der Waals surface area contributed by atoms with Crippen molar-refractivity contribution in [2.75, 3.05) is 5.32 Å². The molecular formula is C12H19NO. The van der Waals surface area contributed by atoms with Crippen molar-refractivity contribution in [2.24, 2.45) is 0 Å². The normalized spacial score (nSPS) is 10.6. The molecule has 1 rings (SSSR count). The van der Waals surface area contributed by atoms with Crippen LogP contribution in [0.5, 0.6) is 0 Å². The molecule has 0 aliphatic heterocycles. The smallest absolute Gasteiger partial charge is 0.0681 e. The quantitative estimate of drug-likeness (QED) is 0.753. The molecule has 78 valence electrons. The number of anilines is 1. The number of nitrogens with one attached hydrogen (secondary N) is 1. The molecule has 0 radical (unpaired) electrons. The van der Waals surface area contributed by atoms with E-state index in [-0.39, 0.29) is 6.61 Å². The van der Waals surface area contributed by atoms with Gasteiger partial charge in [-0.25, -0.2) is 0 Å². The average molecular weight is 193 g/mol. The Morgan fingerprint density at radius 2 is 1.71 bits per heavy atom. The fraction of sp³-hybridized carbons (Fsp3) is 0.500. The summed E-state index contributed by atoms with van der Waals surface area (Å²) in [7, 11) is 0. The highest BCUT2D eigenvalue weighted by atomic mass is 16.3. The molecule has 1 aromatic carbocycles. The minimum atomic E-state index is 0.116. The van der Waals surface area contributed by atoms with Crippen LogP contribution in [-0.2, 0) is 6.61 Å². The van der Waals surface area contributed by atoms with Gasteiger partial charge in [-0.15, -0.1) is 0 Å². The molecule has 14 heavy (non-hydrogen) atoms. The third-order valence-electron chi connectivity index (χ3n) is 2.49. The number of aliphatic hydroxyl groups excluding tert-OH is 1. The lowest BCUT2D eigenvalue weighted by Gasteiger charge is -2.16. The first-order valence-corrected chi connectivity index (χ1v) is 5.26. The van der Waals surface area contributed by atoms with Gasteiger partial charge in [-0.1, -0.05) is 26.0 Å². The van der Waals surface area contributed by atoms with E-state index in [1.165, 1.54) is 0 Å². The van der Waals surface area contributed by atoms with E-state index in [0.29, 0.717) is 6.04 Å². The van der Waals surface area contributed by atoms with Crippen LogP contribution in [0.1, 0.15) is 32.3 Å². The van der Waals surface area contributed by atoms with Gasteiger partial charge in [0.15, 0.2) is 0 Å². The second-order valence-corrected chi connectivity index (χ2v) is 3.51. The summed E-state index contributed by atoms with van der Waals surface area (Å²) in [4.78, 5) is 0. The monoisotopic (exact) mass is 193 g/mol. The molecule has 0 unspecified atom stereocenters. The first-order chi connectivity index (χ1) is 6.80. The van der Waals surface area contributed by atoms with Crippen molar-refractivity contribution in [3.05, 3.63) is 29.8 Å². The molecule has 0 saturated carbocycles. The maximum atomic E-state index is 8.88. The summed E-state index contributed by atoms with van der Waals surface area (Å²) in [5.74, 6) is 0. The lowest BCUT2D eigenvalue weighted by atomic mass is 10.1. The second-order valence-electron chi connectivity index (χ2n) is 3.51. The van der Waals surface area contributed by atoms with E-state index in [4.69, 9.17) is 5.11 Å². The summed E-state index contributed by atoms with van der Waals surface area (Å²) in [6, 6.07) is 8.48. The third-order valence-corrected chi connectivity index (χ3v) is 2.49. The molecule has 2 nitrogen and oxygen atoms in total. The van der Waals surface area contributed by atoms with E-state index in [1.54, 1.807) is 0 Å². The summed E-state index contributed by atoms with van der Waals surface area (Å²) in [6.45, 7) is 4.48. The van der Waals surface area contributed by atoms with Crippen molar-refractivity contribution in [3.8, 4) is 0 Å². The van der Waals surface area contributed by atoms with Gasteiger partial charge in [-0.2, -0.15) is 0 Å². The van der Waals surface area contributed by atoms with E-state index < -0.39 is 0 Å². The molecule has 0 aromatic heterocycles. The van der Waals surface area contributed by atoms with Crippen molar-refractivity contribution in [3.63, 3.8) is 0 Å². The summed E-state index contributed by atoms with van der Waals surface area (Å²) in [5, 5.41) is 12.3. The zero-order valence-corrected chi connectivity index (χ0v) is 8.96. The first-order valence-electron chi connectivity index (χ1n) is 5.26. The van der Waals surface area contributed by atoms with E-state index in [0.717, 1.165) is 24.1 Å². The number of hydrogen-bond acceptors (Lipinski definition) is 2. The van der Waals surface area contributed by atoms with Gasteiger partial charge < -0.3 is 10.4 Å². The minimum absolute atomic E-state index is 0.116. The highest BCUT2D eigenvalue weighted by molar-refractivity contribution is 5.45. The SMILES string of the molecule is CCC(CC)Nc1ccc(CO)cc1. The van der Waals surface area contributed by atoms with Crippen LogP contribution in [0.3, 0.4) is 0 Å². The van der Waals surface area contributed by atoms with Gasteiger partial charge in [-0.3, -0.25) is 0 Å². The van der Waals surface area contributed by atoms with Crippen LogP contribution in [0, 0.1) is 0 Å². The van der Waals surface area contributed by atoms with Gasteiger partial charge in [0.2, 0.25) is 0 Å². The Labute approximate surface area is 86.0 Å². The standard InChI is InChI=1S/C12H19NO/c1-3-11(4-2)13-12-7-5-10(9-14)6-8-12/h5-8,11,13-14H,3-4,9H2,1-2H3. The van der Waals surface area contributed by atoms with Gasteiger partial charge in [0.25, 0.3) is 0 Å². The number of rotatable bonds is 5. The maximum Gasteiger partial charge on any atom is 0.0681 e. The van der Waals surface area contributed by atoms with Crippen LogP contribution in [-0.4, -0.2) is 11.1 Å². The Hall–Kier alpha value is -1.02. The highest BCUT2D eigenvalue weighted by Crippen LogP contribution is 2.13. The van der Waals surface area contributed by atoms with Crippen LogP contribution in [0.15, 0.2) is 24.3 Å². The molecule has 2 heteroatoms. The van der Waals surface area contributed by atoms with Gasteiger partial charge in [0, 0.05) is 11.7 Å². The lowest BCUT2D eigenvalue weighted by Crippen LogP contribution is -2.16. The molecule has 0 heterocycles. The van der Waals surface area contributed by atoms with E-state index >= 15 is 0 Å². The highest BCUT2D eigenvalue weighted by Gasteiger charge is 2.01. The molecule has 0 fully saturated rings. The molecule has 0 aliphatic carbocycles. The maximum absolute atomic E-state index is 8.88. The van der Waals surface area contributed by atoms with E-state index in [9.17, 15) is 0 Å². The van der Waals surface area contributed by atoms with Gasteiger partial charge in [0.05, 0.1) is 6.61 Å². The van der Waals surface area contributed by atoms with Crippen LogP contribution in [0.4, 0.5) is 5.69 Å². The van der Waals surface area contributed by atoms with Crippen LogP contribution >= 0.6 is 0 Å². The minimum Gasteiger partial charge on any atom is -0.392 e. The molecular weight excluding hydrogens is 174 g/mol. The molecule has 0 aliphatic rings.